The fourth-order valence-corrected chi connectivity index (χ4v) is 4.19. The van der Waals surface area contributed by atoms with Crippen LogP contribution in [0.1, 0.15) is 54.3 Å². The fourth-order valence-electron chi connectivity index (χ4n) is 4.06. The van der Waals surface area contributed by atoms with Gasteiger partial charge < -0.3 is 14.4 Å². The van der Waals surface area contributed by atoms with Gasteiger partial charge in [-0.05, 0) is 43.2 Å². The van der Waals surface area contributed by atoms with Crippen LogP contribution < -0.4 is 9.47 Å². The zero-order valence-corrected chi connectivity index (χ0v) is 18.7. The molecule has 0 saturated heterocycles. The molecule has 0 saturated carbocycles. The third-order valence-electron chi connectivity index (χ3n) is 5.54. The van der Waals surface area contributed by atoms with Crippen molar-refractivity contribution in [2.45, 2.75) is 32.7 Å². The summed E-state index contributed by atoms with van der Waals surface area (Å²) >= 11 is 6.08. The fraction of sp³-hybridized carbons (Fsp3) is 0.333. The van der Waals surface area contributed by atoms with Gasteiger partial charge in [-0.25, -0.2) is 0 Å². The van der Waals surface area contributed by atoms with E-state index in [0.29, 0.717) is 35.4 Å². The molecule has 2 aromatic carbocycles. The van der Waals surface area contributed by atoms with Crippen LogP contribution in [0.2, 0.25) is 5.02 Å². The SMILES string of the molecule is CCCCN1C(=O)c2[nH]nc(-c3ccc(Cl)cc3)c2C1c1ccc(OCC)c(OC)c1. The molecular weight excluding hydrogens is 414 g/mol. The van der Waals surface area contributed by atoms with Crippen molar-refractivity contribution in [1.82, 2.24) is 15.1 Å². The van der Waals surface area contributed by atoms with Gasteiger partial charge >= 0.3 is 0 Å². The molecule has 162 valence electrons. The van der Waals surface area contributed by atoms with Crippen molar-refractivity contribution in [3.05, 3.63) is 64.3 Å². The molecule has 1 aromatic heterocycles. The molecule has 4 rings (SSSR count). The highest BCUT2D eigenvalue weighted by Gasteiger charge is 2.42. The molecule has 0 bridgehead atoms. The van der Waals surface area contributed by atoms with Crippen LogP contribution in [0.3, 0.4) is 0 Å². The second-order valence-electron chi connectivity index (χ2n) is 7.47. The highest BCUT2D eigenvalue weighted by Crippen LogP contribution is 2.44. The molecular formula is C24H26ClN3O3. The Hall–Kier alpha value is -2.99. The lowest BCUT2D eigenvalue weighted by molar-refractivity contribution is 0.0741. The number of nitrogens with one attached hydrogen (secondary N) is 1. The van der Waals surface area contributed by atoms with Crippen LogP contribution in [0.4, 0.5) is 0 Å². The summed E-state index contributed by atoms with van der Waals surface area (Å²) in [7, 11) is 1.62. The Balaban J connectivity index is 1.84. The van der Waals surface area contributed by atoms with Gasteiger partial charge in [-0.1, -0.05) is 43.1 Å². The summed E-state index contributed by atoms with van der Waals surface area (Å²) in [4.78, 5) is 15.2. The lowest BCUT2D eigenvalue weighted by Gasteiger charge is -2.27. The predicted octanol–water partition coefficient (Wildman–Crippen LogP) is 5.48. The van der Waals surface area contributed by atoms with E-state index in [1.165, 1.54) is 0 Å². The molecule has 1 N–H and O–H groups in total. The van der Waals surface area contributed by atoms with E-state index in [2.05, 4.69) is 17.1 Å². The monoisotopic (exact) mass is 439 g/mol. The minimum absolute atomic E-state index is 0.0333. The van der Waals surface area contributed by atoms with E-state index >= 15 is 0 Å². The van der Waals surface area contributed by atoms with Gasteiger partial charge in [0.15, 0.2) is 11.5 Å². The zero-order chi connectivity index (χ0) is 22.0. The topological polar surface area (TPSA) is 67.5 Å². The number of rotatable bonds is 8. The Bertz CT molecular complexity index is 1080. The van der Waals surface area contributed by atoms with Crippen molar-refractivity contribution >= 4 is 17.5 Å². The smallest absolute Gasteiger partial charge is 0.273 e. The third kappa shape index (κ3) is 3.88. The Labute approximate surface area is 187 Å². The number of aromatic amines is 1. The number of methoxy groups -OCH3 is 1. The summed E-state index contributed by atoms with van der Waals surface area (Å²) < 4.78 is 11.3. The van der Waals surface area contributed by atoms with Crippen LogP contribution in [0, 0.1) is 0 Å². The number of hydrogen-bond acceptors (Lipinski definition) is 4. The maximum atomic E-state index is 13.3. The number of unbranched alkanes of at least 4 members (excludes halogenated alkanes) is 1. The van der Waals surface area contributed by atoms with Crippen LogP contribution >= 0.6 is 11.6 Å². The van der Waals surface area contributed by atoms with Crippen molar-refractivity contribution in [3.8, 4) is 22.8 Å². The van der Waals surface area contributed by atoms with Crippen molar-refractivity contribution in [1.29, 1.82) is 0 Å². The lowest BCUT2D eigenvalue weighted by Crippen LogP contribution is -2.30. The molecule has 0 aliphatic carbocycles. The molecule has 31 heavy (non-hydrogen) atoms. The van der Waals surface area contributed by atoms with Gasteiger partial charge in [0.05, 0.1) is 25.5 Å². The van der Waals surface area contributed by atoms with E-state index in [0.717, 1.165) is 35.2 Å². The highest BCUT2D eigenvalue weighted by molar-refractivity contribution is 6.30. The predicted molar refractivity (Wildman–Crippen MR) is 121 cm³/mol. The quantitative estimate of drug-likeness (QED) is 0.504. The average Bonchev–Trinajstić information content (AvgIpc) is 3.32. The molecule has 0 radical (unpaired) electrons. The van der Waals surface area contributed by atoms with E-state index in [9.17, 15) is 4.79 Å². The summed E-state index contributed by atoms with van der Waals surface area (Å²) in [5, 5.41) is 8.14. The average molecular weight is 440 g/mol. The summed E-state index contributed by atoms with van der Waals surface area (Å²) in [6, 6.07) is 13.1. The second-order valence-corrected chi connectivity index (χ2v) is 7.90. The number of aromatic nitrogens is 2. The Morgan fingerprint density at radius 3 is 2.58 bits per heavy atom. The number of carbonyl (C=O) groups excluding carboxylic acids is 1. The molecule has 0 fully saturated rings. The molecule has 1 aliphatic heterocycles. The van der Waals surface area contributed by atoms with Gasteiger partial charge in [0.25, 0.3) is 5.91 Å². The summed E-state index contributed by atoms with van der Waals surface area (Å²) in [6.07, 6.45) is 1.92. The molecule has 7 heteroatoms. The van der Waals surface area contributed by atoms with E-state index < -0.39 is 0 Å². The summed E-state index contributed by atoms with van der Waals surface area (Å²) in [6.45, 7) is 5.27. The van der Waals surface area contributed by atoms with Gasteiger partial charge in [0.2, 0.25) is 0 Å². The van der Waals surface area contributed by atoms with Crippen LogP contribution in [0.25, 0.3) is 11.3 Å². The lowest BCUT2D eigenvalue weighted by atomic mass is 9.95. The first-order valence-corrected chi connectivity index (χ1v) is 10.9. The number of H-pyrrole nitrogens is 1. The molecule has 1 unspecified atom stereocenters. The number of halogens is 1. The minimum atomic E-state index is -0.261. The number of carbonyl (C=O) groups is 1. The van der Waals surface area contributed by atoms with Crippen LogP contribution in [0.15, 0.2) is 42.5 Å². The first-order valence-electron chi connectivity index (χ1n) is 10.5. The summed E-state index contributed by atoms with van der Waals surface area (Å²) in [5.41, 5.74) is 4.06. The summed E-state index contributed by atoms with van der Waals surface area (Å²) in [5.74, 6) is 1.30. The molecule has 2 heterocycles. The Morgan fingerprint density at radius 2 is 1.90 bits per heavy atom. The van der Waals surface area contributed by atoms with Gasteiger partial charge in [0.1, 0.15) is 5.69 Å². The van der Waals surface area contributed by atoms with Crippen molar-refractivity contribution in [2.24, 2.45) is 0 Å². The van der Waals surface area contributed by atoms with Gasteiger partial charge in [-0.2, -0.15) is 5.10 Å². The maximum Gasteiger partial charge on any atom is 0.273 e. The first kappa shape index (κ1) is 21.2. The first-order chi connectivity index (χ1) is 15.1. The Kier molecular flexibility index (Phi) is 6.18. The Morgan fingerprint density at radius 1 is 1.13 bits per heavy atom. The van der Waals surface area contributed by atoms with Gasteiger partial charge in [-0.15, -0.1) is 0 Å². The standard InChI is InChI=1S/C24H26ClN3O3/c1-4-6-13-28-23(16-9-12-18(31-5-2)19(14-16)30-3)20-21(26-27-22(20)24(28)29)15-7-10-17(25)11-8-15/h7-12,14,23H,4-6,13H2,1-3H3,(H,26,27). The number of hydrogen-bond donors (Lipinski definition) is 1. The number of nitrogens with zero attached hydrogens (tertiary/aromatic N) is 2. The van der Waals surface area contributed by atoms with Crippen molar-refractivity contribution < 1.29 is 14.3 Å². The minimum Gasteiger partial charge on any atom is -0.493 e. The van der Waals surface area contributed by atoms with Gasteiger partial charge in [-0.3, -0.25) is 9.89 Å². The zero-order valence-electron chi connectivity index (χ0n) is 17.9. The van der Waals surface area contributed by atoms with E-state index in [1.807, 2.05) is 54.3 Å². The molecule has 1 amide bonds. The normalized spacial score (nSPS) is 15.3. The van der Waals surface area contributed by atoms with Crippen LogP contribution in [0.5, 0.6) is 11.5 Å². The molecule has 0 spiro atoms. The van der Waals surface area contributed by atoms with E-state index in [-0.39, 0.29) is 11.9 Å². The molecule has 1 aliphatic rings. The molecule has 1 atom stereocenters. The highest BCUT2D eigenvalue weighted by atomic mass is 35.5. The number of benzene rings is 2. The van der Waals surface area contributed by atoms with Crippen molar-refractivity contribution in [2.75, 3.05) is 20.3 Å². The van der Waals surface area contributed by atoms with Crippen LogP contribution in [-0.2, 0) is 0 Å². The molecule has 6 nitrogen and oxygen atoms in total. The van der Waals surface area contributed by atoms with E-state index in [4.69, 9.17) is 21.1 Å². The van der Waals surface area contributed by atoms with E-state index in [1.54, 1.807) is 7.11 Å². The number of amides is 1. The van der Waals surface area contributed by atoms with Gasteiger partial charge in [0, 0.05) is 22.7 Å². The largest absolute Gasteiger partial charge is 0.493 e. The second kappa shape index (κ2) is 9.02. The third-order valence-corrected chi connectivity index (χ3v) is 5.79. The van der Waals surface area contributed by atoms with Crippen LogP contribution in [-0.4, -0.2) is 41.3 Å². The number of fused-ring (bicyclic) bond motifs is 1. The number of ether oxygens (including phenoxy) is 2. The van der Waals surface area contributed by atoms with Crippen molar-refractivity contribution in [3.63, 3.8) is 0 Å². The maximum absolute atomic E-state index is 13.3. The molecule has 3 aromatic rings.